The van der Waals surface area contributed by atoms with Gasteiger partial charge >= 0.3 is 0 Å². The predicted molar refractivity (Wildman–Crippen MR) is 72.9 cm³/mol. The summed E-state index contributed by atoms with van der Waals surface area (Å²) in [5.74, 6) is 0.491. The van der Waals surface area contributed by atoms with Crippen LogP contribution >= 0.6 is 22.9 Å². The summed E-state index contributed by atoms with van der Waals surface area (Å²) in [5.41, 5.74) is 0.00425. The van der Waals surface area contributed by atoms with E-state index in [0.29, 0.717) is 10.8 Å². The second-order valence-electron chi connectivity index (χ2n) is 5.11. The highest BCUT2D eigenvalue weighted by atomic mass is 35.5. The Morgan fingerprint density at radius 1 is 1.59 bits per heavy atom. The third-order valence-corrected chi connectivity index (χ3v) is 3.72. The van der Waals surface area contributed by atoms with Crippen LogP contribution in [0, 0.1) is 12.3 Å². The van der Waals surface area contributed by atoms with Gasteiger partial charge in [-0.1, -0.05) is 20.8 Å². The number of halogens is 1. The molecule has 0 aromatic carbocycles. The van der Waals surface area contributed by atoms with E-state index in [1.165, 1.54) is 11.3 Å². The Morgan fingerprint density at radius 3 is 2.65 bits per heavy atom. The molecule has 0 spiro atoms. The molecular weight excluding hydrogens is 256 g/mol. The fourth-order valence-corrected chi connectivity index (χ4v) is 2.43. The Morgan fingerprint density at radius 2 is 2.24 bits per heavy atom. The van der Waals surface area contributed by atoms with Crippen molar-refractivity contribution in [3.05, 3.63) is 16.1 Å². The molecule has 1 N–H and O–H groups in total. The molecule has 3 nitrogen and oxygen atoms in total. The number of aryl methyl sites for hydroxylation is 1. The molecule has 0 saturated carbocycles. The number of aromatic nitrogens is 1. The van der Waals surface area contributed by atoms with Crippen LogP contribution in [-0.4, -0.2) is 22.8 Å². The summed E-state index contributed by atoms with van der Waals surface area (Å²) in [7, 11) is 0. The fraction of sp³-hybridized carbons (Fsp3) is 0.667. The lowest BCUT2D eigenvalue weighted by atomic mass is 9.85. The molecule has 0 saturated heterocycles. The van der Waals surface area contributed by atoms with Crippen molar-refractivity contribution in [2.24, 2.45) is 5.41 Å². The standard InChI is InChI=1S/C12H19ClN2OS/c1-8-14-7-9(17-8)11(16)15-10(5-6-13)12(2,3)4/h7,10H,5-6H2,1-4H3,(H,15,16). The second kappa shape index (κ2) is 5.83. The van der Waals surface area contributed by atoms with Gasteiger partial charge in [0.2, 0.25) is 0 Å². The molecule has 0 aliphatic heterocycles. The monoisotopic (exact) mass is 274 g/mol. The predicted octanol–water partition coefficient (Wildman–Crippen LogP) is 3.22. The first kappa shape index (κ1) is 14.5. The minimum absolute atomic E-state index is 0.00425. The summed E-state index contributed by atoms with van der Waals surface area (Å²) >= 11 is 7.19. The summed E-state index contributed by atoms with van der Waals surface area (Å²) in [4.78, 5) is 16.7. The molecule has 0 bridgehead atoms. The minimum atomic E-state index is -0.0550. The van der Waals surface area contributed by atoms with Gasteiger partial charge in [-0.25, -0.2) is 4.98 Å². The van der Waals surface area contributed by atoms with Gasteiger partial charge in [-0.15, -0.1) is 22.9 Å². The number of alkyl halides is 1. The number of hydrogen-bond acceptors (Lipinski definition) is 3. The number of carbonyl (C=O) groups is 1. The largest absolute Gasteiger partial charge is 0.348 e. The number of carbonyl (C=O) groups excluding carboxylic acids is 1. The Hall–Kier alpha value is -0.610. The van der Waals surface area contributed by atoms with Gasteiger partial charge in [0.1, 0.15) is 4.88 Å². The first-order chi connectivity index (χ1) is 7.84. The van der Waals surface area contributed by atoms with Crippen molar-refractivity contribution in [2.75, 3.05) is 5.88 Å². The van der Waals surface area contributed by atoms with Crippen molar-refractivity contribution in [3.63, 3.8) is 0 Å². The number of amides is 1. The molecule has 0 aliphatic rings. The van der Waals surface area contributed by atoms with E-state index in [1.54, 1.807) is 6.20 Å². The lowest BCUT2D eigenvalue weighted by Crippen LogP contribution is -2.43. The zero-order chi connectivity index (χ0) is 13.1. The number of nitrogens with one attached hydrogen (secondary N) is 1. The van der Waals surface area contributed by atoms with E-state index in [9.17, 15) is 4.79 Å². The van der Waals surface area contributed by atoms with Crippen LogP contribution in [0.4, 0.5) is 0 Å². The van der Waals surface area contributed by atoms with Gasteiger partial charge in [-0.3, -0.25) is 4.79 Å². The quantitative estimate of drug-likeness (QED) is 0.857. The minimum Gasteiger partial charge on any atom is -0.348 e. The molecule has 1 aromatic heterocycles. The SMILES string of the molecule is Cc1ncc(C(=O)NC(CCCl)C(C)(C)C)s1. The van der Waals surface area contributed by atoms with E-state index in [2.05, 4.69) is 31.1 Å². The van der Waals surface area contributed by atoms with Gasteiger partial charge in [-0.05, 0) is 18.8 Å². The fourth-order valence-electron chi connectivity index (χ4n) is 1.53. The Bertz CT molecular complexity index is 384. The van der Waals surface area contributed by atoms with Crippen LogP contribution < -0.4 is 5.32 Å². The Kier molecular flexibility index (Phi) is 4.95. The lowest BCUT2D eigenvalue weighted by Gasteiger charge is -2.30. The zero-order valence-corrected chi connectivity index (χ0v) is 12.3. The van der Waals surface area contributed by atoms with Crippen LogP contribution in [0.2, 0.25) is 0 Å². The molecule has 0 aliphatic carbocycles. The molecule has 1 aromatic rings. The molecule has 0 fully saturated rings. The van der Waals surface area contributed by atoms with Crippen molar-refractivity contribution in [2.45, 2.75) is 40.2 Å². The maximum absolute atomic E-state index is 12.0. The van der Waals surface area contributed by atoms with E-state index in [0.717, 1.165) is 11.4 Å². The van der Waals surface area contributed by atoms with Crippen LogP contribution in [0.1, 0.15) is 41.9 Å². The number of hydrogen-bond donors (Lipinski definition) is 1. The average Bonchev–Trinajstić information content (AvgIpc) is 2.62. The van der Waals surface area contributed by atoms with Gasteiger partial charge in [0.05, 0.1) is 11.2 Å². The highest BCUT2D eigenvalue weighted by molar-refractivity contribution is 7.13. The average molecular weight is 275 g/mol. The zero-order valence-electron chi connectivity index (χ0n) is 10.7. The molecule has 17 heavy (non-hydrogen) atoms. The van der Waals surface area contributed by atoms with E-state index in [-0.39, 0.29) is 17.4 Å². The van der Waals surface area contributed by atoms with Crippen LogP contribution in [0.15, 0.2) is 6.20 Å². The van der Waals surface area contributed by atoms with E-state index in [4.69, 9.17) is 11.6 Å². The summed E-state index contributed by atoms with van der Waals surface area (Å²) in [5, 5.41) is 3.94. The first-order valence-corrected chi connectivity index (χ1v) is 6.99. The van der Waals surface area contributed by atoms with Gasteiger partial charge < -0.3 is 5.32 Å². The summed E-state index contributed by atoms with van der Waals surface area (Å²) in [6.45, 7) is 8.19. The molecule has 96 valence electrons. The molecular formula is C12H19ClN2OS. The third kappa shape index (κ3) is 4.28. The van der Waals surface area contributed by atoms with Gasteiger partial charge in [0.25, 0.3) is 5.91 Å². The third-order valence-electron chi connectivity index (χ3n) is 2.59. The number of nitrogens with zero attached hydrogens (tertiary/aromatic N) is 1. The molecule has 1 unspecified atom stereocenters. The van der Waals surface area contributed by atoms with Gasteiger partial charge in [-0.2, -0.15) is 0 Å². The molecule has 1 rings (SSSR count). The van der Waals surface area contributed by atoms with Crippen LogP contribution in [0.25, 0.3) is 0 Å². The first-order valence-electron chi connectivity index (χ1n) is 5.64. The number of rotatable bonds is 4. The molecule has 0 radical (unpaired) electrons. The summed E-state index contributed by atoms with van der Waals surface area (Å²) in [6, 6.07) is 0.0786. The van der Waals surface area contributed by atoms with Crippen LogP contribution in [-0.2, 0) is 0 Å². The maximum Gasteiger partial charge on any atom is 0.263 e. The van der Waals surface area contributed by atoms with E-state index in [1.807, 2.05) is 6.92 Å². The highest BCUT2D eigenvalue weighted by Crippen LogP contribution is 2.23. The summed E-state index contributed by atoms with van der Waals surface area (Å²) in [6.07, 6.45) is 2.39. The van der Waals surface area contributed by atoms with Crippen molar-refractivity contribution in [1.29, 1.82) is 0 Å². The maximum atomic E-state index is 12.0. The van der Waals surface area contributed by atoms with Gasteiger partial charge in [0, 0.05) is 11.9 Å². The Balaban J connectivity index is 2.71. The molecule has 5 heteroatoms. The van der Waals surface area contributed by atoms with Crippen LogP contribution in [0.3, 0.4) is 0 Å². The van der Waals surface area contributed by atoms with Crippen molar-refractivity contribution in [3.8, 4) is 0 Å². The van der Waals surface area contributed by atoms with Crippen LogP contribution in [0.5, 0.6) is 0 Å². The molecule has 1 amide bonds. The van der Waals surface area contributed by atoms with E-state index >= 15 is 0 Å². The van der Waals surface area contributed by atoms with Crippen molar-refractivity contribution in [1.82, 2.24) is 10.3 Å². The highest BCUT2D eigenvalue weighted by Gasteiger charge is 2.26. The van der Waals surface area contributed by atoms with Crippen molar-refractivity contribution < 1.29 is 4.79 Å². The van der Waals surface area contributed by atoms with Gasteiger partial charge in [0.15, 0.2) is 0 Å². The molecule has 1 heterocycles. The smallest absolute Gasteiger partial charge is 0.263 e. The Labute approximate surface area is 112 Å². The molecule has 1 atom stereocenters. The second-order valence-corrected chi connectivity index (χ2v) is 6.73. The van der Waals surface area contributed by atoms with E-state index < -0.39 is 0 Å². The topological polar surface area (TPSA) is 42.0 Å². The van der Waals surface area contributed by atoms with Crippen molar-refractivity contribution >= 4 is 28.8 Å². The summed E-state index contributed by atoms with van der Waals surface area (Å²) < 4.78 is 0. The normalized spacial score (nSPS) is 13.5. The lowest BCUT2D eigenvalue weighted by molar-refractivity contribution is 0.0904. The number of thiazole rings is 1.